The van der Waals surface area contributed by atoms with Crippen molar-refractivity contribution < 1.29 is 4.79 Å². The summed E-state index contributed by atoms with van der Waals surface area (Å²) in [6, 6.07) is 3.50. The van der Waals surface area contributed by atoms with Crippen LogP contribution in [0.5, 0.6) is 0 Å². The Bertz CT molecular complexity index is 427. The maximum absolute atomic E-state index is 12.3. The summed E-state index contributed by atoms with van der Waals surface area (Å²) < 4.78 is 0. The molecular weight excluding hydrogens is 252 g/mol. The molecule has 3 N–H and O–H groups in total. The minimum Gasteiger partial charge on any atom is -0.384 e. The van der Waals surface area contributed by atoms with Gasteiger partial charge in [0.15, 0.2) is 0 Å². The van der Waals surface area contributed by atoms with Crippen LogP contribution in [0.2, 0.25) is 0 Å². The number of nitrogens with zero attached hydrogens (tertiary/aromatic N) is 2. The number of nitrogens with two attached hydrogens (primary N) is 1. The number of amides is 1. The first-order valence-electron chi connectivity index (χ1n) is 6.97. The molecule has 0 saturated carbocycles. The first-order chi connectivity index (χ1) is 9.27. The molecule has 1 atom stereocenters. The molecule has 20 heavy (non-hydrogen) atoms. The quantitative estimate of drug-likeness (QED) is 0.830. The fourth-order valence-corrected chi connectivity index (χ4v) is 2.28. The Labute approximate surface area is 121 Å². The van der Waals surface area contributed by atoms with Gasteiger partial charge in [-0.1, -0.05) is 13.8 Å². The van der Waals surface area contributed by atoms with E-state index in [1.54, 1.807) is 12.1 Å². The Morgan fingerprint density at radius 2 is 2.05 bits per heavy atom. The monoisotopic (exact) mass is 278 g/mol. The van der Waals surface area contributed by atoms with Gasteiger partial charge in [-0.3, -0.25) is 4.79 Å². The van der Waals surface area contributed by atoms with E-state index >= 15 is 0 Å². The summed E-state index contributed by atoms with van der Waals surface area (Å²) in [5.74, 6) is 0.822. The second kappa shape index (κ2) is 7.24. The lowest BCUT2D eigenvalue weighted by atomic mass is 10.0. The van der Waals surface area contributed by atoms with E-state index in [0.29, 0.717) is 17.3 Å². The Morgan fingerprint density at radius 3 is 2.55 bits per heavy atom. The van der Waals surface area contributed by atoms with E-state index in [4.69, 9.17) is 5.73 Å². The highest BCUT2D eigenvalue weighted by molar-refractivity contribution is 5.95. The number of likely N-dealkylation sites (N-methyl/N-ethyl adjacent to an activating group) is 1. The lowest BCUT2D eigenvalue weighted by Crippen LogP contribution is -2.42. The molecule has 5 heteroatoms. The van der Waals surface area contributed by atoms with Crippen molar-refractivity contribution in [3.05, 3.63) is 23.4 Å². The van der Waals surface area contributed by atoms with E-state index < -0.39 is 0 Å². The van der Waals surface area contributed by atoms with Crippen LogP contribution in [0.4, 0.5) is 5.82 Å². The maximum atomic E-state index is 12.3. The second-order valence-corrected chi connectivity index (χ2v) is 5.98. The smallest absolute Gasteiger partial charge is 0.251 e. The van der Waals surface area contributed by atoms with Crippen LogP contribution in [0, 0.1) is 12.8 Å². The number of rotatable bonds is 6. The van der Waals surface area contributed by atoms with E-state index in [1.807, 2.05) is 21.0 Å². The molecular formula is C15H26N4O. The van der Waals surface area contributed by atoms with Gasteiger partial charge >= 0.3 is 0 Å². The van der Waals surface area contributed by atoms with Crippen LogP contribution in [0.25, 0.3) is 0 Å². The minimum atomic E-state index is -0.0882. The summed E-state index contributed by atoms with van der Waals surface area (Å²) in [5.41, 5.74) is 7.01. The van der Waals surface area contributed by atoms with Crippen molar-refractivity contribution in [1.29, 1.82) is 0 Å². The van der Waals surface area contributed by atoms with Gasteiger partial charge in [0.1, 0.15) is 5.82 Å². The SMILES string of the molecule is Cc1cc(C(=O)NC(CC(C)C)CN(C)C)cc(N)n1. The van der Waals surface area contributed by atoms with E-state index in [1.165, 1.54) is 0 Å². The molecule has 0 bridgehead atoms. The number of pyridine rings is 1. The first-order valence-corrected chi connectivity index (χ1v) is 6.97. The van der Waals surface area contributed by atoms with Gasteiger partial charge in [-0.2, -0.15) is 0 Å². The lowest BCUT2D eigenvalue weighted by molar-refractivity contribution is 0.0924. The van der Waals surface area contributed by atoms with Crippen LogP contribution in [0.1, 0.15) is 36.3 Å². The summed E-state index contributed by atoms with van der Waals surface area (Å²) in [4.78, 5) is 18.5. The highest BCUT2D eigenvalue weighted by Crippen LogP contribution is 2.10. The number of carbonyl (C=O) groups is 1. The van der Waals surface area contributed by atoms with Crippen molar-refractivity contribution in [3.8, 4) is 0 Å². The topological polar surface area (TPSA) is 71.2 Å². The third-order valence-corrected chi connectivity index (χ3v) is 2.91. The Morgan fingerprint density at radius 1 is 1.40 bits per heavy atom. The molecule has 0 aliphatic heterocycles. The second-order valence-electron chi connectivity index (χ2n) is 5.98. The molecule has 0 aromatic carbocycles. The molecule has 0 spiro atoms. The molecule has 0 aliphatic carbocycles. The summed E-state index contributed by atoms with van der Waals surface area (Å²) in [7, 11) is 4.02. The molecule has 0 aliphatic rings. The minimum absolute atomic E-state index is 0.0882. The van der Waals surface area contributed by atoms with Crippen LogP contribution in [-0.4, -0.2) is 42.5 Å². The molecule has 1 heterocycles. The molecule has 0 radical (unpaired) electrons. The third-order valence-electron chi connectivity index (χ3n) is 2.91. The van der Waals surface area contributed by atoms with Crippen LogP contribution in [0.3, 0.4) is 0 Å². The number of hydrogen-bond donors (Lipinski definition) is 2. The van der Waals surface area contributed by atoms with Gasteiger partial charge in [-0.15, -0.1) is 0 Å². The van der Waals surface area contributed by atoms with Gasteiger partial charge in [0, 0.05) is 23.8 Å². The summed E-state index contributed by atoms with van der Waals surface area (Å²) in [6.45, 7) is 6.97. The third kappa shape index (κ3) is 5.57. The Balaban J connectivity index is 2.78. The van der Waals surface area contributed by atoms with Gasteiger partial charge in [0.25, 0.3) is 5.91 Å². The van der Waals surface area contributed by atoms with Gasteiger partial charge in [-0.25, -0.2) is 4.98 Å². The van der Waals surface area contributed by atoms with Gasteiger partial charge in [0.2, 0.25) is 0 Å². The molecule has 1 unspecified atom stereocenters. The zero-order valence-corrected chi connectivity index (χ0v) is 13.1. The van der Waals surface area contributed by atoms with Gasteiger partial charge in [-0.05, 0) is 45.5 Å². The molecule has 0 fully saturated rings. The number of hydrogen-bond acceptors (Lipinski definition) is 4. The first kappa shape index (κ1) is 16.4. The van der Waals surface area contributed by atoms with E-state index in [9.17, 15) is 4.79 Å². The Kier molecular flexibility index (Phi) is 5.95. The van der Waals surface area contributed by atoms with Crippen LogP contribution >= 0.6 is 0 Å². The summed E-state index contributed by atoms with van der Waals surface area (Å²) >= 11 is 0. The van der Waals surface area contributed by atoms with Crippen molar-refractivity contribution >= 4 is 11.7 Å². The lowest BCUT2D eigenvalue weighted by Gasteiger charge is -2.24. The van der Waals surface area contributed by atoms with Crippen LogP contribution in [-0.2, 0) is 0 Å². The molecule has 1 aromatic heterocycles. The Hall–Kier alpha value is -1.62. The number of nitrogens with one attached hydrogen (secondary N) is 1. The highest BCUT2D eigenvalue weighted by Gasteiger charge is 2.16. The molecule has 5 nitrogen and oxygen atoms in total. The van der Waals surface area contributed by atoms with Gasteiger partial charge in [0.05, 0.1) is 0 Å². The fraction of sp³-hybridized carbons (Fsp3) is 0.600. The maximum Gasteiger partial charge on any atom is 0.251 e. The number of anilines is 1. The van der Waals surface area contributed by atoms with E-state index in [0.717, 1.165) is 18.7 Å². The van der Waals surface area contributed by atoms with Crippen molar-refractivity contribution in [1.82, 2.24) is 15.2 Å². The molecule has 1 rings (SSSR count). The number of carbonyl (C=O) groups excluding carboxylic acids is 1. The van der Waals surface area contributed by atoms with E-state index in [2.05, 4.69) is 29.0 Å². The average molecular weight is 278 g/mol. The molecule has 0 saturated heterocycles. The number of nitrogen functional groups attached to an aromatic ring is 1. The number of aryl methyl sites for hydroxylation is 1. The molecule has 1 aromatic rings. The van der Waals surface area contributed by atoms with Crippen molar-refractivity contribution in [2.45, 2.75) is 33.2 Å². The van der Waals surface area contributed by atoms with E-state index in [-0.39, 0.29) is 11.9 Å². The van der Waals surface area contributed by atoms with Crippen LogP contribution < -0.4 is 11.1 Å². The normalized spacial score (nSPS) is 12.8. The predicted octanol–water partition coefficient (Wildman–Crippen LogP) is 1.68. The average Bonchev–Trinajstić information content (AvgIpc) is 2.25. The van der Waals surface area contributed by atoms with Crippen molar-refractivity contribution in [2.24, 2.45) is 5.92 Å². The zero-order valence-electron chi connectivity index (χ0n) is 13.1. The summed E-state index contributed by atoms with van der Waals surface area (Å²) in [6.07, 6.45) is 0.948. The standard InChI is InChI=1S/C15H26N4O/c1-10(2)6-13(9-19(4)5)18-15(20)12-7-11(3)17-14(16)8-12/h7-8,10,13H,6,9H2,1-5H3,(H2,16,17)(H,18,20). The number of aromatic nitrogens is 1. The van der Waals surface area contributed by atoms with Crippen molar-refractivity contribution in [3.63, 3.8) is 0 Å². The zero-order chi connectivity index (χ0) is 15.3. The van der Waals surface area contributed by atoms with Crippen LogP contribution in [0.15, 0.2) is 12.1 Å². The molecule has 112 valence electrons. The van der Waals surface area contributed by atoms with Crippen molar-refractivity contribution in [2.75, 3.05) is 26.4 Å². The highest BCUT2D eigenvalue weighted by atomic mass is 16.1. The van der Waals surface area contributed by atoms with Gasteiger partial charge < -0.3 is 16.0 Å². The molecule has 1 amide bonds. The fourth-order valence-electron chi connectivity index (χ4n) is 2.28. The largest absolute Gasteiger partial charge is 0.384 e. The summed E-state index contributed by atoms with van der Waals surface area (Å²) in [5, 5.41) is 3.09. The predicted molar refractivity (Wildman–Crippen MR) is 82.6 cm³/mol.